The molecule has 16 aromatic carbocycles. The van der Waals surface area contributed by atoms with E-state index in [-0.39, 0.29) is 0 Å². The zero-order chi connectivity index (χ0) is 55.8. The Morgan fingerprint density at radius 2 is 0.321 bits per heavy atom. The molecule has 0 fully saturated rings. The number of rotatable bonds is 8. The van der Waals surface area contributed by atoms with Gasteiger partial charge in [-0.15, -0.1) is 0 Å². The highest BCUT2D eigenvalue weighted by atomic mass is 14.2. The highest BCUT2D eigenvalue weighted by molar-refractivity contribution is 6.15. The predicted molar refractivity (Wildman–Crippen MR) is 361 cm³/mol. The third-order valence-corrected chi connectivity index (χ3v) is 17.0. The molecule has 0 unspecified atom stereocenters. The van der Waals surface area contributed by atoms with Crippen LogP contribution in [0.5, 0.6) is 0 Å². The van der Waals surface area contributed by atoms with Crippen LogP contribution in [0.3, 0.4) is 0 Å². The Morgan fingerprint density at radius 1 is 0.107 bits per heavy atom. The Balaban J connectivity index is 0.000000143. The summed E-state index contributed by atoms with van der Waals surface area (Å²) in [5.41, 5.74) is 20.0. The summed E-state index contributed by atoms with van der Waals surface area (Å²) >= 11 is 0. The molecule has 0 saturated carbocycles. The summed E-state index contributed by atoms with van der Waals surface area (Å²) in [6.45, 7) is 0. The molecule has 0 aliphatic heterocycles. The van der Waals surface area contributed by atoms with Crippen LogP contribution in [0.15, 0.2) is 340 Å². The third kappa shape index (κ3) is 9.36. The molecule has 0 bridgehead atoms. The molecule has 392 valence electrons. The third-order valence-electron chi connectivity index (χ3n) is 17.0. The van der Waals surface area contributed by atoms with Gasteiger partial charge in [0.15, 0.2) is 0 Å². The van der Waals surface area contributed by atoms with Gasteiger partial charge in [0.1, 0.15) is 0 Å². The minimum Gasteiger partial charge on any atom is -0.0622 e. The number of hydrogen-bond acceptors (Lipinski definition) is 0. The first-order valence-corrected chi connectivity index (χ1v) is 29.0. The summed E-state index contributed by atoms with van der Waals surface area (Å²) in [6, 6.07) is 123. The van der Waals surface area contributed by atoms with Gasteiger partial charge in [-0.25, -0.2) is 0 Å². The first kappa shape index (κ1) is 50.1. The Morgan fingerprint density at radius 3 is 0.655 bits per heavy atom. The average Bonchev–Trinajstić information content (AvgIpc) is 3.36. The van der Waals surface area contributed by atoms with Crippen LogP contribution in [-0.2, 0) is 0 Å². The van der Waals surface area contributed by atoms with Crippen molar-refractivity contribution in [1.82, 2.24) is 0 Å². The van der Waals surface area contributed by atoms with Gasteiger partial charge in [-0.1, -0.05) is 315 Å². The molecule has 84 heavy (non-hydrogen) atoms. The van der Waals surface area contributed by atoms with Crippen LogP contribution in [0.4, 0.5) is 0 Å². The first-order chi connectivity index (χ1) is 41.7. The van der Waals surface area contributed by atoms with Crippen molar-refractivity contribution in [2.45, 2.75) is 0 Å². The Labute approximate surface area is 490 Å². The molecule has 0 saturated heterocycles. The van der Waals surface area contributed by atoms with Crippen molar-refractivity contribution in [2.75, 3.05) is 0 Å². The van der Waals surface area contributed by atoms with Crippen molar-refractivity contribution in [1.29, 1.82) is 0 Å². The Bertz CT molecular complexity index is 4770. The Hall–Kier alpha value is -10.9. The molecule has 16 rings (SSSR count). The van der Waals surface area contributed by atoms with Gasteiger partial charge < -0.3 is 0 Å². The molecule has 0 heterocycles. The second-order valence-electron chi connectivity index (χ2n) is 21.8. The van der Waals surface area contributed by atoms with Crippen molar-refractivity contribution in [2.24, 2.45) is 0 Å². The van der Waals surface area contributed by atoms with Crippen molar-refractivity contribution in [3.63, 3.8) is 0 Å². The maximum Gasteiger partial charge on any atom is -0.00987 e. The van der Waals surface area contributed by atoms with Crippen LogP contribution in [0.25, 0.3) is 154 Å². The lowest BCUT2D eigenvalue weighted by atomic mass is 9.87. The highest BCUT2D eigenvalue weighted by Crippen LogP contribution is 2.44. The van der Waals surface area contributed by atoms with Gasteiger partial charge in [0.2, 0.25) is 0 Å². The van der Waals surface area contributed by atoms with Gasteiger partial charge in [-0.05, 0) is 178 Å². The largest absolute Gasteiger partial charge is 0.0622 e. The second kappa shape index (κ2) is 21.9. The van der Waals surface area contributed by atoms with Gasteiger partial charge in [0.05, 0.1) is 0 Å². The summed E-state index contributed by atoms with van der Waals surface area (Å²) in [4.78, 5) is 0. The van der Waals surface area contributed by atoms with Gasteiger partial charge in [0.25, 0.3) is 0 Å². The number of benzene rings is 16. The molecule has 16 aromatic rings. The topological polar surface area (TPSA) is 0 Å². The molecule has 0 nitrogen and oxygen atoms in total. The zero-order valence-corrected chi connectivity index (χ0v) is 46.3. The van der Waals surface area contributed by atoms with Gasteiger partial charge in [0, 0.05) is 0 Å². The fourth-order valence-corrected chi connectivity index (χ4v) is 12.8. The van der Waals surface area contributed by atoms with E-state index in [1.807, 2.05) is 0 Å². The van der Waals surface area contributed by atoms with E-state index in [9.17, 15) is 0 Å². The Kier molecular flexibility index (Phi) is 13.0. The van der Waals surface area contributed by atoms with Crippen molar-refractivity contribution >= 4 is 64.6 Å². The van der Waals surface area contributed by atoms with Crippen LogP contribution in [0, 0.1) is 0 Å². The van der Waals surface area contributed by atoms with E-state index >= 15 is 0 Å². The summed E-state index contributed by atoms with van der Waals surface area (Å²) < 4.78 is 0. The van der Waals surface area contributed by atoms with E-state index < -0.39 is 0 Å². The van der Waals surface area contributed by atoms with Crippen molar-refractivity contribution < 1.29 is 0 Å². The van der Waals surface area contributed by atoms with E-state index in [4.69, 9.17) is 0 Å². The lowest BCUT2D eigenvalue weighted by Gasteiger charge is -2.17. The molecule has 0 radical (unpaired) electrons. The maximum atomic E-state index is 2.33. The fourth-order valence-electron chi connectivity index (χ4n) is 12.8. The fraction of sp³-hybridized carbons (Fsp3) is 0. The second-order valence-corrected chi connectivity index (χ2v) is 21.8. The minimum atomic E-state index is 1.24. The first-order valence-electron chi connectivity index (χ1n) is 29.0. The number of hydrogen-bond donors (Lipinski definition) is 0. The molecule has 0 N–H and O–H groups in total. The zero-order valence-electron chi connectivity index (χ0n) is 46.3. The highest BCUT2D eigenvalue weighted by Gasteiger charge is 2.17. The van der Waals surface area contributed by atoms with Crippen molar-refractivity contribution in [3.8, 4) is 89.0 Å². The van der Waals surface area contributed by atoms with Crippen LogP contribution in [0.1, 0.15) is 0 Å². The molecule has 0 aliphatic carbocycles. The van der Waals surface area contributed by atoms with Crippen molar-refractivity contribution in [3.05, 3.63) is 340 Å². The molecule has 0 spiro atoms. The SMILES string of the molecule is c1ccc(-c2ccc(-c3cccc4c(-c5ccc(-c6ccccc6)c6ccccc56)cccc34)c3ccccc23)cc1.c1ccc(-c2ccc3cc(-c4cccc5c(-c6ccc7cc(-c8ccccc8)ccc7c6)cccc45)ccc3c2)cc1. The lowest BCUT2D eigenvalue weighted by Crippen LogP contribution is -1.90. The van der Waals surface area contributed by atoms with E-state index in [1.165, 1.54) is 154 Å². The summed E-state index contributed by atoms with van der Waals surface area (Å²) in [5.74, 6) is 0. The summed E-state index contributed by atoms with van der Waals surface area (Å²) in [7, 11) is 0. The van der Waals surface area contributed by atoms with Crippen LogP contribution in [0.2, 0.25) is 0 Å². The normalized spacial score (nSPS) is 11.3. The van der Waals surface area contributed by atoms with Crippen LogP contribution >= 0.6 is 0 Å². The molecule has 0 aromatic heterocycles. The summed E-state index contributed by atoms with van der Waals surface area (Å²) in [6.07, 6.45) is 0. The van der Waals surface area contributed by atoms with E-state index in [0.717, 1.165) is 0 Å². The standard InChI is InChI=1S/2C42H28/c1-3-13-29(14-4-1)31-25-27-41(35-19-9-7-17-33(31)35)39-23-11-22-38-37(39)21-12-24-40(38)42-28-26-32(30-15-5-2-6-16-30)34-18-8-10-20-36(34)42;1-3-9-29(10-4-1)31-17-19-35-27-37(23-21-33(35)25-31)39-13-7-16-42-40(14-8-15-41(39)42)38-24-22-34-26-32(18-20-36(34)28-38)30-11-5-2-6-12-30/h2*1-28H. The molecule has 0 aliphatic rings. The molecule has 0 heteroatoms. The van der Waals surface area contributed by atoms with Crippen LogP contribution in [-0.4, -0.2) is 0 Å². The average molecular weight is 1070 g/mol. The quantitative estimate of drug-likeness (QED) is 0.142. The van der Waals surface area contributed by atoms with E-state index in [0.29, 0.717) is 0 Å². The van der Waals surface area contributed by atoms with Gasteiger partial charge >= 0.3 is 0 Å². The summed E-state index contributed by atoms with van der Waals surface area (Å²) in [5, 5.41) is 15.2. The van der Waals surface area contributed by atoms with E-state index in [1.54, 1.807) is 0 Å². The van der Waals surface area contributed by atoms with E-state index in [2.05, 4.69) is 340 Å². The molecule has 0 atom stereocenters. The predicted octanol–water partition coefficient (Wildman–Crippen LogP) is 23.6. The maximum absolute atomic E-state index is 2.33. The monoisotopic (exact) mass is 1060 g/mol. The smallest absolute Gasteiger partial charge is 0.00987 e. The molecule has 0 amide bonds. The molecular formula is C84H56. The minimum absolute atomic E-state index is 1.24. The number of fused-ring (bicyclic) bond motifs is 6. The van der Waals surface area contributed by atoms with Gasteiger partial charge in [-0.3, -0.25) is 0 Å². The lowest BCUT2D eigenvalue weighted by molar-refractivity contribution is 1.63. The van der Waals surface area contributed by atoms with Crippen LogP contribution < -0.4 is 0 Å². The van der Waals surface area contributed by atoms with Gasteiger partial charge in [-0.2, -0.15) is 0 Å². The molecular weight excluding hydrogens is 1010 g/mol.